The molecule has 0 fully saturated rings. The summed E-state index contributed by atoms with van der Waals surface area (Å²) in [7, 11) is 0. The highest BCUT2D eigenvalue weighted by atomic mass is 32.1. The van der Waals surface area contributed by atoms with Crippen molar-refractivity contribution in [1.82, 2.24) is 4.98 Å². The van der Waals surface area contributed by atoms with Crippen LogP contribution < -0.4 is 10.1 Å². The molecular formula is C21H23N3O4S. The molecule has 1 heterocycles. The minimum atomic E-state index is -1.13. The van der Waals surface area contributed by atoms with Gasteiger partial charge in [-0.15, -0.1) is 0 Å². The summed E-state index contributed by atoms with van der Waals surface area (Å²) >= 11 is 1.18. The fourth-order valence-corrected chi connectivity index (χ4v) is 3.59. The summed E-state index contributed by atoms with van der Waals surface area (Å²) in [5, 5.41) is 14.0. The van der Waals surface area contributed by atoms with E-state index in [1.54, 1.807) is 19.9 Å². The molecule has 0 saturated carbocycles. The zero-order valence-corrected chi connectivity index (χ0v) is 17.8. The zero-order chi connectivity index (χ0) is 21.4. The molecule has 0 unspecified atom stereocenters. The Labute approximate surface area is 172 Å². The predicted molar refractivity (Wildman–Crippen MR) is 115 cm³/mol. The number of anilines is 1. The number of aromatic nitrogens is 1. The molecule has 3 aromatic rings. The van der Waals surface area contributed by atoms with Gasteiger partial charge in [-0.2, -0.15) is 0 Å². The van der Waals surface area contributed by atoms with Gasteiger partial charge in [0.15, 0.2) is 10.7 Å². The highest BCUT2D eigenvalue weighted by Crippen LogP contribution is 2.30. The van der Waals surface area contributed by atoms with E-state index in [1.807, 2.05) is 24.3 Å². The van der Waals surface area contributed by atoms with Gasteiger partial charge in [0.05, 0.1) is 15.1 Å². The third-order valence-corrected chi connectivity index (χ3v) is 5.38. The van der Waals surface area contributed by atoms with Crippen LogP contribution in [0.4, 0.5) is 10.8 Å². The molecule has 0 spiro atoms. The minimum Gasteiger partial charge on any atom is -0.478 e. The van der Waals surface area contributed by atoms with Crippen LogP contribution in [0, 0.1) is 10.1 Å². The van der Waals surface area contributed by atoms with Crippen LogP contribution in [0.2, 0.25) is 0 Å². The molecule has 0 atom stereocenters. The van der Waals surface area contributed by atoms with Gasteiger partial charge in [-0.3, -0.25) is 20.2 Å². The number of nitrogens with zero attached hydrogens (tertiary/aromatic N) is 2. The van der Waals surface area contributed by atoms with Gasteiger partial charge >= 0.3 is 0 Å². The monoisotopic (exact) mass is 413 g/mol. The summed E-state index contributed by atoms with van der Waals surface area (Å²) in [6.45, 7) is 9.75. The number of nitrogens with one attached hydrogen (secondary N) is 1. The van der Waals surface area contributed by atoms with Crippen LogP contribution in [0.25, 0.3) is 10.2 Å². The first kappa shape index (κ1) is 20.7. The maximum absolute atomic E-state index is 12.7. The first-order valence-corrected chi connectivity index (χ1v) is 9.93. The summed E-state index contributed by atoms with van der Waals surface area (Å²) in [4.78, 5) is 27.5. The van der Waals surface area contributed by atoms with Crippen LogP contribution >= 0.6 is 11.3 Å². The number of non-ortho nitro benzene ring substituents is 1. The van der Waals surface area contributed by atoms with Gasteiger partial charge in [0.25, 0.3) is 11.6 Å². The molecule has 1 amide bonds. The van der Waals surface area contributed by atoms with E-state index in [0.717, 1.165) is 0 Å². The normalized spacial score (nSPS) is 12.0. The standard InChI is InChI=1S/C21H23N3O4S/c1-20(2,3)13-6-9-15(10-7-13)28-21(4,5)18(25)23-19-22-16-11-8-14(24(26)27)12-17(16)29-19/h6-12H,1-5H3,(H,22,23,25). The molecule has 0 aliphatic carbocycles. The van der Waals surface area contributed by atoms with E-state index in [-0.39, 0.29) is 17.0 Å². The maximum atomic E-state index is 12.7. The van der Waals surface area contributed by atoms with Crippen molar-refractivity contribution in [1.29, 1.82) is 0 Å². The molecule has 152 valence electrons. The van der Waals surface area contributed by atoms with Gasteiger partial charge in [-0.1, -0.05) is 44.2 Å². The smallest absolute Gasteiger partial charge is 0.270 e. The lowest BCUT2D eigenvalue weighted by Crippen LogP contribution is -2.42. The van der Waals surface area contributed by atoms with Gasteiger partial charge < -0.3 is 4.74 Å². The number of nitro benzene ring substituents is 1. The molecule has 0 bridgehead atoms. The lowest BCUT2D eigenvalue weighted by atomic mass is 9.87. The number of hydrogen-bond donors (Lipinski definition) is 1. The number of fused-ring (bicyclic) bond motifs is 1. The molecule has 0 radical (unpaired) electrons. The number of thiazole rings is 1. The molecular weight excluding hydrogens is 390 g/mol. The second-order valence-electron chi connectivity index (χ2n) is 8.27. The number of rotatable bonds is 5. The summed E-state index contributed by atoms with van der Waals surface area (Å²) < 4.78 is 6.53. The van der Waals surface area contributed by atoms with E-state index in [2.05, 4.69) is 31.1 Å². The van der Waals surface area contributed by atoms with Crippen molar-refractivity contribution in [3.8, 4) is 5.75 Å². The molecule has 3 rings (SSSR count). The molecule has 29 heavy (non-hydrogen) atoms. The Bertz CT molecular complexity index is 1070. The first-order valence-electron chi connectivity index (χ1n) is 9.12. The largest absolute Gasteiger partial charge is 0.478 e. The number of ether oxygens (including phenoxy) is 1. The topological polar surface area (TPSA) is 94.4 Å². The second-order valence-corrected chi connectivity index (χ2v) is 9.30. The average Bonchev–Trinajstić information content (AvgIpc) is 3.02. The average molecular weight is 413 g/mol. The SMILES string of the molecule is CC(C)(Oc1ccc(C(C)(C)C)cc1)C(=O)Nc1nc2ccc([N+](=O)[O-])cc2s1. The Kier molecular flexibility index (Phi) is 5.32. The van der Waals surface area contributed by atoms with E-state index in [9.17, 15) is 14.9 Å². The minimum absolute atomic E-state index is 0.0126. The highest BCUT2D eigenvalue weighted by Gasteiger charge is 2.31. The third-order valence-electron chi connectivity index (χ3n) is 4.44. The quantitative estimate of drug-likeness (QED) is 0.452. The van der Waals surface area contributed by atoms with Crippen LogP contribution in [-0.2, 0) is 10.2 Å². The number of nitro groups is 1. The third kappa shape index (κ3) is 4.71. The van der Waals surface area contributed by atoms with E-state index in [4.69, 9.17) is 4.74 Å². The lowest BCUT2D eigenvalue weighted by Gasteiger charge is -2.25. The van der Waals surface area contributed by atoms with Crippen molar-refractivity contribution in [2.45, 2.75) is 45.6 Å². The summed E-state index contributed by atoms with van der Waals surface area (Å²) in [6, 6.07) is 12.1. The number of benzene rings is 2. The number of carbonyl (C=O) groups excluding carboxylic acids is 1. The number of hydrogen-bond acceptors (Lipinski definition) is 6. The van der Waals surface area contributed by atoms with Crippen LogP contribution in [0.1, 0.15) is 40.2 Å². The molecule has 1 aromatic heterocycles. The van der Waals surface area contributed by atoms with Gasteiger partial charge in [0.2, 0.25) is 0 Å². The van der Waals surface area contributed by atoms with Crippen LogP contribution in [0.3, 0.4) is 0 Å². The summed E-state index contributed by atoms with van der Waals surface area (Å²) in [6.07, 6.45) is 0. The van der Waals surface area contributed by atoms with Crippen molar-refractivity contribution in [3.05, 3.63) is 58.1 Å². The van der Waals surface area contributed by atoms with Gasteiger partial charge in [-0.05, 0) is 43.0 Å². The maximum Gasteiger partial charge on any atom is 0.270 e. The molecule has 1 N–H and O–H groups in total. The Morgan fingerprint density at radius 1 is 1.10 bits per heavy atom. The van der Waals surface area contributed by atoms with Crippen LogP contribution in [0.15, 0.2) is 42.5 Å². The molecule has 2 aromatic carbocycles. The van der Waals surface area contributed by atoms with Crippen LogP contribution in [0.5, 0.6) is 5.75 Å². The van der Waals surface area contributed by atoms with Gasteiger partial charge in [0, 0.05) is 12.1 Å². The Morgan fingerprint density at radius 2 is 1.76 bits per heavy atom. The van der Waals surface area contributed by atoms with E-state index < -0.39 is 10.5 Å². The molecule has 8 heteroatoms. The first-order chi connectivity index (χ1) is 13.5. The van der Waals surface area contributed by atoms with E-state index in [1.165, 1.54) is 29.0 Å². The Morgan fingerprint density at radius 3 is 2.34 bits per heavy atom. The van der Waals surface area contributed by atoms with Gasteiger partial charge in [-0.25, -0.2) is 4.98 Å². The molecule has 7 nitrogen and oxygen atoms in total. The second kappa shape index (κ2) is 7.44. The molecule has 0 saturated heterocycles. The fourth-order valence-electron chi connectivity index (χ4n) is 2.69. The van der Waals surface area contributed by atoms with Crippen molar-refractivity contribution in [3.63, 3.8) is 0 Å². The number of amides is 1. The van der Waals surface area contributed by atoms with Crippen LogP contribution in [-0.4, -0.2) is 21.4 Å². The van der Waals surface area contributed by atoms with E-state index >= 15 is 0 Å². The van der Waals surface area contributed by atoms with Crippen molar-refractivity contribution < 1.29 is 14.5 Å². The van der Waals surface area contributed by atoms with Crippen molar-refractivity contribution in [2.75, 3.05) is 5.32 Å². The molecule has 0 aliphatic rings. The molecule has 0 aliphatic heterocycles. The predicted octanol–water partition coefficient (Wildman–Crippen LogP) is 5.30. The highest BCUT2D eigenvalue weighted by molar-refractivity contribution is 7.22. The summed E-state index contributed by atoms with van der Waals surface area (Å²) in [5.41, 5.74) is 0.657. The van der Waals surface area contributed by atoms with Gasteiger partial charge in [0.1, 0.15) is 5.75 Å². The fraction of sp³-hybridized carbons (Fsp3) is 0.333. The Hall–Kier alpha value is -3.00. The Balaban J connectivity index is 1.73. The number of carbonyl (C=O) groups is 1. The lowest BCUT2D eigenvalue weighted by molar-refractivity contribution is -0.384. The zero-order valence-electron chi connectivity index (χ0n) is 17.0. The van der Waals surface area contributed by atoms with E-state index in [0.29, 0.717) is 21.1 Å². The van der Waals surface area contributed by atoms with Crippen molar-refractivity contribution in [2.24, 2.45) is 0 Å². The van der Waals surface area contributed by atoms with Crippen molar-refractivity contribution >= 4 is 38.3 Å². The summed E-state index contributed by atoms with van der Waals surface area (Å²) in [5.74, 6) is 0.240.